The molecule has 4 aliphatic carbocycles. The number of ketones is 1. The standard InChI is InChI=1S/C37H53FO3/c1-9-35(8,38)33(5,6)36(10-2)20-19-31-29-17-13-25-21-27(39)16-18-28(25)32(29)30(22-34(31,36)7)24-11-14-26(15-12-24)37(40,41)23(3)4/h11-12,14-15,21,23,29-31,40-41H,9-10,13,16-20,22H2,1-8H3/t29?,30?,31?,34?,35?,36-/m0/s1. The van der Waals surface area contributed by atoms with Crippen LogP contribution in [0.1, 0.15) is 130 Å². The molecule has 5 unspecified atom stereocenters. The van der Waals surface area contributed by atoms with Crippen LogP contribution < -0.4 is 0 Å². The van der Waals surface area contributed by atoms with E-state index in [2.05, 4.69) is 39.8 Å². The Balaban J connectivity index is 1.69. The van der Waals surface area contributed by atoms with Gasteiger partial charge in [0, 0.05) is 29.2 Å². The first-order chi connectivity index (χ1) is 19.1. The molecule has 0 bridgehead atoms. The molecule has 0 aromatic heterocycles. The first-order valence-corrected chi connectivity index (χ1v) is 16.3. The lowest BCUT2D eigenvalue weighted by Crippen LogP contribution is -2.58. The topological polar surface area (TPSA) is 57.5 Å². The van der Waals surface area contributed by atoms with E-state index in [0.717, 1.165) is 44.9 Å². The van der Waals surface area contributed by atoms with Crippen LogP contribution in [0.15, 0.2) is 47.1 Å². The summed E-state index contributed by atoms with van der Waals surface area (Å²) in [6.07, 6.45) is 9.93. The fraction of sp³-hybridized carbons (Fsp3) is 0.703. The Kier molecular flexibility index (Phi) is 7.59. The second-order valence-corrected chi connectivity index (χ2v) is 15.1. The van der Waals surface area contributed by atoms with Crippen molar-refractivity contribution in [1.29, 1.82) is 0 Å². The second kappa shape index (κ2) is 10.2. The van der Waals surface area contributed by atoms with Crippen molar-refractivity contribution in [2.45, 2.75) is 131 Å². The predicted octanol–water partition coefficient (Wildman–Crippen LogP) is 8.94. The minimum absolute atomic E-state index is 0.0484. The van der Waals surface area contributed by atoms with Gasteiger partial charge in [0.25, 0.3) is 0 Å². The fourth-order valence-corrected chi connectivity index (χ4v) is 10.4. The maximum atomic E-state index is 16.5. The normalized spacial score (nSPS) is 33.7. The Morgan fingerprint density at radius 3 is 2.27 bits per heavy atom. The quantitative estimate of drug-likeness (QED) is 0.325. The molecule has 0 aliphatic heterocycles. The van der Waals surface area contributed by atoms with E-state index in [-0.39, 0.29) is 28.4 Å². The van der Waals surface area contributed by atoms with Gasteiger partial charge in [-0.05, 0) is 104 Å². The number of carbonyl (C=O) groups excluding carboxylic acids is 1. The van der Waals surface area contributed by atoms with E-state index in [1.165, 1.54) is 22.3 Å². The summed E-state index contributed by atoms with van der Waals surface area (Å²) in [6, 6.07) is 7.97. The molecular formula is C37H53FO3. The summed E-state index contributed by atoms with van der Waals surface area (Å²) in [7, 11) is 0. The number of rotatable bonds is 7. The number of aliphatic hydroxyl groups is 2. The van der Waals surface area contributed by atoms with Crippen molar-refractivity contribution in [1.82, 2.24) is 0 Å². The van der Waals surface area contributed by atoms with Crippen molar-refractivity contribution in [3.63, 3.8) is 0 Å². The molecule has 41 heavy (non-hydrogen) atoms. The van der Waals surface area contributed by atoms with Gasteiger partial charge in [0.1, 0.15) is 5.67 Å². The molecule has 5 rings (SSSR count). The summed E-state index contributed by atoms with van der Waals surface area (Å²) < 4.78 is 16.5. The van der Waals surface area contributed by atoms with Gasteiger partial charge in [-0.25, -0.2) is 4.39 Å². The third-order valence-electron chi connectivity index (χ3n) is 13.4. The van der Waals surface area contributed by atoms with Gasteiger partial charge in [-0.1, -0.05) is 78.3 Å². The van der Waals surface area contributed by atoms with Crippen molar-refractivity contribution >= 4 is 5.78 Å². The summed E-state index contributed by atoms with van der Waals surface area (Å²) in [5.74, 6) is -0.872. The molecule has 6 atom stereocenters. The molecule has 0 spiro atoms. The van der Waals surface area contributed by atoms with E-state index in [1.807, 2.05) is 45.9 Å². The fourth-order valence-electron chi connectivity index (χ4n) is 10.4. The molecule has 1 aromatic rings. The molecule has 2 fully saturated rings. The van der Waals surface area contributed by atoms with Crippen molar-refractivity contribution in [2.75, 3.05) is 0 Å². The summed E-state index contributed by atoms with van der Waals surface area (Å²) in [5, 5.41) is 21.5. The Labute approximate surface area is 247 Å². The maximum absolute atomic E-state index is 16.5. The zero-order valence-electron chi connectivity index (χ0n) is 26.7. The molecule has 4 aliphatic rings. The number of hydrogen-bond donors (Lipinski definition) is 2. The monoisotopic (exact) mass is 564 g/mol. The number of carbonyl (C=O) groups is 1. The molecule has 0 radical (unpaired) electrons. The zero-order valence-corrected chi connectivity index (χ0v) is 26.7. The van der Waals surface area contributed by atoms with Crippen LogP contribution in [0.3, 0.4) is 0 Å². The van der Waals surface area contributed by atoms with Crippen LogP contribution in [0.2, 0.25) is 0 Å². The highest BCUT2D eigenvalue weighted by molar-refractivity contribution is 5.93. The third-order valence-corrected chi connectivity index (χ3v) is 13.4. The lowest BCUT2D eigenvalue weighted by molar-refractivity contribution is -0.201. The van der Waals surface area contributed by atoms with Crippen LogP contribution in [0.4, 0.5) is 4.39 Å². The molecule has 0 saturated heterocycles. The van der Waals surface area contributed by atoms with Gasteiger partial charge in [0.15, 0.2) is 11.6 Å². The van der Waals surface area contributed by atoms with Crippen molar-refractivity contribution < 1.29 is 19.4 Å². The molecule has 0 heterocycles. The van der Waals surface area contributed by atoms with Gasteiger partial charge < -0.3 is 10.2 Å². The SMILES string of the molecule is CCC(C)(F)C(C)(C)[C@]1(CC)CCC2C3CCC4=CC(=O)CCC4=C3C(c3ccc(C(O)(O)C(C)C)cc3)CC21C. The number of allylic oxidation sites excluding steroid dienone is 4. The van der Waals surface area contributed by atoms with Crippen molar-refractivity contribution in [3.8, 4) is 0 Å². The molecule has 2 saturated carbocycles. The highest BCUT2D eigenvalue weighted by Gasteiger charge is 2.69. The summed E-state index contributed by atoms with van der Waals surface area (Å²) in [5.41, 5.74) is 3.94. The summed E-state index contributed by atoms with van der Waals surface area (Å²) in [6.45, 7) is 16.6. The van der Waals surface area contributed by atoms with Gasteiger partial charge >= 0.3 is 0 Å². The van der Waals surface area contributed by atoms with Crippen LogP contribution in [0.5, 0.6) is 0 Å². The van der Waals surface area contributed by atoms with Crippen LogP contribution in [0, 0.1) is 34.0 Å². The minimum atomic E-state index is -1.88. The van der Waals surface area contributed by atoms with Gasteiger partial charge in [-0.2, -0.15) is 0 Å². The summed E-state index contributed by atoms with van der Waals surface area (Å²) >= 11 is 0. The smallest absolute Gasteiger partial charge is 0.192 e. The first-order valence-electron chi connectivity index (χ1n) is 16.3. The average molecular weight is 565 g/mol. The Hall–Kier alpha value is -1.78. The number of alkyl halides is 1. The summed E-state index contributed by atoms with van der Waals surface area (Å²) in [4.78, 5) is 12.4. The molecule has 226 valence electrons. The number of fused-ring (bicyclic) bond motifs is 4. The number of halogens is 1. The van der Waals surface area contributed by atoms with E-state index in [9.17, 15) is 15.0 Å². The highest BCUT2D eigenvalue weighted by Crippen LogP contribution is 2.76. The van der Waals surface area contributed by atoms with E-state index >= 15 is 4.39 Å². The van der Waals surface area contributed by atoms with E-state index in [0.29, 0.717) is 30.2 Å². The van der Waals surface area contributed by atoms with Crippen LogP contribution in [-0.2, 0) is 10.6 Å². The zero-order chi connectivity index (χ0) is 30.2. The number of benzene rings is 1. The van der Waals surface area contributed by atoms with Crippen LogP contribution >= 0.6 is 0 Å². The van der Waals surface area contributed by atoms with E-state index in [1.54, 1.807) is 0 Å². The molecule has 0 amide bonds. The maximum Gasteiger partial charge on any atom is 0.192 e. The van der Waals surface area contributed by atoms with Crippen molar-refractivity contribution in [2.24, 2.45) is 34.0 Å². The number of hydrogen-bond acceptors (Lipinski definition) is 3. The van der Waals surface area contributed by atoms with E-state index in [4.69, 9.17) is 0 Å². The van der Waals surface area contributed by atoms with Gasteiger partial charge in [0.05, 0.1) is 0 Å². The third kappa shape index (κ3) is 4.28. The molecule has 3 nitrogen and oxygen atoms in total. The molecule has 1 aromatic carbocycles. The largest absolute Gasteiger partial charge is 0.362 e. The highest BCUT2D eigenvalue weighted by atomic mass is 19.1. The van der Waals surface area contributed by atoms with Crippen LogP contribution in [-0.4, -0.2) is 21.7 Å². The average Bonchev–Trinajstić information content (AvgIpc) is 3.25. The minimum Gasteiger partial charge on any atom is -0.362 e. The van der Waals surface area contributed by atoms with Gasteiger partial charge in [-0.3, -0.25) is 4.79 Å². The van der Waals surface area contributed by atoms with Crippen LogP contribution in [0.25, 0.3) is 0 Å². The Morgan fingerprint density at radius 2 is 1.68 bits per heavy atom. The predicted molar refractivity (Wildman–Crippen MR) is 164 cm³/mol. The molecule has 4 heteroatoms. The molecule has 2 N–H and O–H groups in total. The van der Waals surface area contributed by atoms with Crippen molar-refractivity contribution in [3.05, 3.63) is 58.2 Å². The Bertz CT molecular complexity index is 1250. The molecular weight excluding hydrogens is 511 g/mol. The van der Waals surface area contributed by atoms with Gasteiger partial charge in [-0.15, -0.1) is 0 Å². The second-order valence-electron chi connectivity index (χ2n) is 15.1. The van der Waals surface area contributed by atoms with Gasteiger partial charge in [0.2, 0.25) is 0 Å². The lowest BCUT2D eigenvalue weighted by Gasteiger charge is -2.63. The van der Waals surface area contributed by atoms with E-state index < -0.39 is 16.9 Å². The first kappa shape index (κ1) is 30.7. The lowest BCUT2D eigenvalue weighted by atomic mass is 9.42. The Morgan fingerprint density at radius 1 is 1.02 bits per heavy atom.